The molecule has 1 saturated carbocycles. The number of hydrogen-bond acceptors (Lipinski definition) is 5. The molecule has 2 fully saturated rings. The first-order valence-corrected chi connectivity index (χ1v) is 7.95. The molecule has 1 saturated heterocycles. The number of amides is 1. The average molecular weight is 296 g/mol. The summed E-state index contributed by atoms with van der Waals surface area (Å²) in [5.74, 6) is 0.289. The Labute approximate surface area is 122 Å². The topological polar surface area (TPSA) is 70.6 Å². The van der Waals surface area contributed by atoms with Crippen molar-refractivity contribution >= 4 is 17.2 Å². The van der Waals surface area contributed by atoms with E-state index in [1.807, 2.05) is 11.4 Å². The zero-order valence-electron chi connectivity index (χ0n) is 11.2. The maximum Gasteiger partial charge on any atom is 0.223 e. The minimum atomic E-state index is -0.575. The normalized spacial score (nSPS) is 29.6. The third-order valence-electron chi connectivity index (χ3n) is 3.83. The zero-order valence-corrected chi connectivity index (χ0v) is 12.1. The highest BCUT2D eigenvalue weighted by atomic mass is 32.1. The van der Waals surface area contributed by atoms with Crippen LogP contribution in [0.5, 0.6) is 0 Å². The van der Waals surface area contributed by atoms with E-state index in [0.717, 1.165) is 19.4 Å². The number of carbonyl (C=O) groups is 1. The molecule has 1 aliphatic heterocycles. The summed E-state index contributed by atoms with van der Waals surface area (Å²) in [6.07, 6.45) is 1.10. The maximum atomic E-state index is 11.6. The van der Waals surface area contributed by atoms with Gasteiger partial charge in [0.15, 0.2) is 0 Å². The van der Waals surface area contributed by atoms with Gasteiger partial charge in [0.1, 0.15) is 6.10 Å². The molecule has 0 radical (unpaired) electrons. The second-order valence-electron chi connectivity index (χ2n) is 5.45. The third kappa shape index (κ3) is 3.38. The van der Waals surface area contributed by atoms with Gasteiger partial charge in [-0.2, -0.15) is 0 Å². The van der Waals surface area contributed by atoms with Crippen LogP contribution < -0.4 is 10.6 Å². The van der Waals surface area contributed by atoms with E-state index in [1.54, 1.807) is 11.3 Å². The fourth-order valence-electron chi connectivity index (χ4n) is 2.38. The summed E-state index contributed by atoms with van der Waals surface area (Å²) in [6, 6.07) is 4.01. The summed E-state index contributed by atoms with van der Waals surface area (Å²) in [6.45, 7) is 1.62. The fraction of sp³-hybridized carbons (Fsp3) is 0.643. The maximum absolute atomic E-state index is 11.6. The Kier molecular flexibility index (Phi) is 4.35. The van der Waals surface area contributed by atoms with Gasteiger partial charge in [0, 0.05) is 23.9 Å². The van der Waals surface area contributed by atoms with Gasteiger partial charge in [0.25, 0.3) is 0 Å². The molecule has 3 atom stereocenters. The number of nitrogens with one attached hydrogen (secondary N) is 2. The number of hydrogen-bond donors (Lipinski definition) is 3. The van der Waals surface area contributed by atoms with Gasteiger partial charge >= 0.3 is 0 Å². The lowest BCUT2D eigenvalue weighted by Gasteiger charge is -2.18. The molecule has 6 heteroatoms. The van der Waals surface area contributed by atoms with Gasteiger partial charge < -0.3 is 20.5 Å². The van der Waals surface area contributed by atoms with Crippen molar-refractivity contribution in [3.63, 3.8) is 0 Å². The fourth-order valence-corrected chi connectivity index (χ4v) is 3.03. The van der Waals surface area contributed by atoms with Crippen LogP contribution in [0.1, 0.15) is 17.7 Å². The van der Waals surface area contributed by atoms with Crippen molar-refractivity contribution in [2.45, 2.75) is 37.6 Å². The highest BCUT2D eigenvalue weighted by Crippen LogP contribution is 2.28. The first-order chi connectivity index (χ1) is 9.74. The molecule has 0 spiro atoms. The summed E-state index contributed by atoms with van der Waals surface area (Å²) in [5.41, 5.74) is 0. The van der Waals surface area contributed by atoms with Crippen LogP contribution in [0.25, 0.3) is 0 Å². The number of aliphatic hydroxyl groups is 1. The molecule has 1 aromatic heterocycles. The molecule has 2 aliphatic rings. The van der Waals surface area contributed by atoms with E-state index in [4.69, 9.17) is 4.74 Å². The van der Waals surface area contributed by atoms with Gasteiger partial charge in [-0.3, -0.25) is 4.79 Å². The van der Waals surface area contributed by atoms with E-state index in [2.05, 4.69) is 16.7 Å². The van der Waals surface area contributed by atoms with E-state index in [9.17, 15) is 9.90 Å². The van der Waals surface area contributed by atoms with Crippen LogP contribution in [0.3, 0.4) is 0 Å². The molecule has 0 aromatic carbocycles. The molecule has 1 aromatic rings. The van der Waals surface area contributed by atoms with Gasteiger partial charge in [0.05, 0.1) is 18.8 Å². The Bertz CT molecular complexity index is 447. The molecule has 0 bridgehead atoms. The number of carbonyl (C=O) groups excluding carboxylic acids is 1. The summed E-state index contributed by atoms with van der Waals surface area (Å²) in [4.78, 5) is 12.8. The van der Waals surface area contributed by atoms with Gasteiger partial charge in [-0.1, -0.05) is 6.07 Å². The molecule has 1 aliphatic carbocycles. The molecule has 1 amide bonds. The minimum absolute atomic E-state index is 0.0695. The van der Waals surface area contributed by atoms with Crippen molar-refractivity contribution in [2.75, 3.05) is 13.2 Å². The molecular weight excluding hydrogens is 276 g/mol. The number of ether oxygens (including phenoxy) is 1. The van der Waals surface area contributed by atoms with Crippen molar-refractivity contribution in [3.8, 4) is 0 Å². The first kappa shape index (κ1) is 14.0. The van der Waals surface area contributed by atoms with Crippen LogP contribution >= 0.6 is 11.3 Å². The van der Waals surface area contributed by atoms with Crippen LogP contribution in [0.2, 0.25) is 0 Å². The molecule has 0 unspecified atom stereocenters. The molecule has 3 N–H and O–H groups in total. The number of thiophene rings is 1. The Hall–Kier alpha value is -0.950. The Morgan fingerprint density at radius 2 is 2.35 bits per heavy atom. The van der Waals surface area contributed by atoms with E-state index >= 15 is 0 Å². The van der Waals surface area contributed by atoms with E-state index < -0.39 is 6.10 Å². The molecule has 2 heterocycles. The van der Waals surface area contributed by atoms with Crippen molar-refractivity contribution in [1.29, 1.82) is 0 Å². The molecule has 3 rings (SSSR count). The quantitative estimate of drug-likeness (QED) is 0.714. The van der Waals surface area contributed by atoms with E-state index in [1.165, 1.54) is 4.88 Å². The smallest absolute Gasteiger partial charge is 0.223 e. The molecule has 20 heavy (non-hydrogen) atoms. The minimum Gasteiger partial charge on any atom is -0.389 e. The predicted octanol–water partition coefficient (Wildman–Crippen LogP) is 0.492. The summed E-state index contributed by atoms with van der Waals surface area (Å²) in [5, 5.41) is 18.4. The zero-order chi connectivity index (χ0) is 13.9. The Morgan fingerprint density at radius 1 is 1.50 bits per heavy atom. The molecule has 5 nitrogen and oxygen atoms in total. The van der Waals surface area contributed by atoms with Crippen LogP contribution in [-0.4, -0.2) is 42.4 Å². The predicted molar refractivity (Wildman–Crippen MR) is 76.4 cm³/mol. The largest absolute Gasteiger partial charge is 0.389 e. The highest BCUT2D eigenvalue weighted by molar-refractivity contribution is 7.09. The lowest BCUT2D eigenvalue weighted by atomic mass is 10.1. The van der Waals surface area contributed by atoms with Gasteiger partial charge in [-0.15, -0.1) is 11.3 Å². The average Bonchev–Trinajstić information content (AvgIpc) is 3.07. The number of aliphatic hydroxyl groups excluding tert-OH is 1. The Balaban J connectivity index is 1.41. The van der Waals surface area contributed by atoms with Crippen molar-refractivity contribution in [2.24, 2.45) is 5.92 Å². The lowest BCUT2D eigenvalue weighted by Crippen LogP contribution is -2.44. The number of rotatable bonds is 6. The van der Waals surface area contributed by atoms with Crippen LogP contribution in [-0.2, 0) is 16.1 Å². The van der Waals surface area contributed by atoms with Gasteiger partial charge in [-0.05, 0) is 24.3 Å². The Morgan fingerprint density at radius 3 is 3.05 bits per heavy atom. The second-order valence-corrected chi connectivity index (χ2v) is 6.48. The lowest BCUT2D eigenvalue weighted by molar-refractivity contribution is -0.123. The summed E-state index contributed by atoms with van der Waals surface area (Å²) >= 11 is 1.69. The van der Waals surface area contributed by atoms with Crippen LogP contribution in [0.4, 0.5) is 0 Å². The monoisotopic (exact) mass is 296 g/mol. The van der Waals surface area contributed by atoms with Crippen molar-refractivity contribution < 1.29 is 14.6 Å². The van der Waals surface area contributed by atoms with Crippen LogP contribution in [0.15, 0.2) is 17.5 Å². The standard InChI is InChI=1S/C14H20N2O3S/c17-13-11(15-6-10-2-1-5-20-10)8-19-12(13)7-16-14(18)9-3-4-9/h1-2,5,9,11-13,15,17H,3-4,6-8H2,(H,16,18)/t11-,12-,13+/m1/s1. The van der Waals surface area contributed by atoms with E-state index in [0.29, 0.717) is 13.2 Å². The molecular formula is C14H20N2O3S. The molecule has 110 valence electrons. The van der Waals surface area contributed by atoms with E-state index in [-0.39, 0.29) is 24.0 Å². The van der Waals surface area contributed by atoms with Crippen molar-refractivity contribution in [1.82, 2.24) is 10.6 Å². The first-order valence-electron chi connectivity index (χ1n) is 7.07. The van der Waals surface area contributed by atoms with Crippen LogP contribution in [0, 0.1) is 5.92 Å². The highest BCUT2D eigenvalue weighted by Gasteiger charge is 2.37. The van der Waals surface area contributed by atoms with Gasteiger partial charge in [0.2, 0.25) is 5.91 Å². The SMILES string of the molecule is O=C(NC[C@H]1OC[C@@H](NCc2cccs2)[C@@H]1O)C1CC1. The third-order valence-corrected chi connectivity index (χ3v) is 4.70. The summed E-state index contributed by atoms with van der Waals surface area (Å²) in [7, 11) is 0. The van der Waals surface area contributed by atoms with Crippen molar-refractivity contribution in [3.05, 3.63) is 22.4 Å². The second kappa shape index (κ2) is 6.22. The summed E-state index contributed by atoms with van der Waals surface area (Å²) < 4.78 is 5.57. The van der Waals surface area contributed by atoms with Gasteiger partial charge in [-0.25, -0.2) is 0 Å².